The molecule has 0 spiro atoms. The molecule has 1 saturated carbocycles. The van der Waals surface area contributed by atoms with Crippen LogP contribution in [-0.4, -0.2) is 12.2 Å². The van der Waals surface area contributed by atoms with Gasteiger partial charge in [-0.2, -0.15) is 0 Å². The second-order valence-electron chi connectivity index (χ2n) is 3.16. The maximum Gasteiger partial charge on any atom is 0.220 e. The van der Waals surface area contributed by atoms with Gasteiger partial charge in [-0.15, -0.1) is 0 Å². The molecule has 3 nitrogen and oxygen atoms in total. The third kappa shape index (κ3) is 2.03. The summed E-state index contributed by atoms with van der Waals surface area (Å²) < 4.78 is 0. The van der Waals surface area contributed by atoms with E-state index >= 15 is 0 Å². The highest BCUT2D eigenvalue weighted by Crippen LogP contribution is 2.27. The number of rotatable bonds is 2. The van der Waals surface area contributed by atoms with Gasteiger partial charge in [0.05, 0.1) is 0 Å². The number of primary amides is 1. The molecule has 11 heavy (non-hydrogen) atoms. The molecular weight excluding hydrogens is 142 g/mol. The zero-order valence-electron chi connectivity index (χ0n) is 6.45. The van der Waals surface area contributed by atoms with E-state index in [1.807, 2.05) is 0 Å². The SMILES string of the molecule is NC(=O)C1CCCC(C=O)C1. The molecule has 0 heterocycles. The van der Waals surface area contributed by atoms with Crippen molar-refractivity contribution in [3.05, 3.63) is 0 Å². The smallest absolute Gasteiger partial charge is 0.220 e. The molecule has 1 rings (SSSR count). The van der Waals surface area contributed by atoms with E-state index in [0.717, 1.165) is 25.5 Å². The fourth-order valence-corrected chi connectivity index (χ4v) is 1.61. The molecule has 2 unspecified atom stereocenters. The van der Waals surface area contributed by atoms with Crippen molar-refractivity contribution < 1.29 is 9.59 Å². The number of hydrogen-bond acceptors (Lipinski definition) is 2. The predicted molar refractivity (Wildman–Crippen MR) is 40.7 cm³/mol. The van der Waals surface area contributed by atoms with Crippen LogP contribution in [0.2, 0.25) is 0 Å². The largest absolute Gasteiger partial charge is 0.369 e. The molecule has 0 aromatic carbocycles. The summed E-state index contributed by atoms with van der Waals surface area (Å²) in [4.78, 5) is 21.1. The monoisotopic (exact) mass is 155 g/mol. The lowest BCUT2D eigenvalue weighted by Crippen LogP contribution is -2.28. The summed E-state index contributed by atoms with van der Waals surface area (Å²) >= 11 is 0. The topological polar surface area (TPSA) is 60.2 Å². The van der Waals surface area contributed by atoms with Gasteiger partial charge in [0.25, 0.3) is 0 Å². The van der Waals surface area contributed by atoms with Crippen molar-refractivity contribution in [3.8, 4) is 0 Å². The van der Waals surface area contributed by atoms with Crippen molar-refractivity contribution in [1.82, 2.24) is 0 Å². The molecule has 0 aromatic rings. The van der Waals surface area contributed by atoms with E-state index < -0.39 is 0 Å². The average Bonchev–Trinajstić information content (AvgIpc) is 2.05. The Bertz CT molecular complexity index is 167. The highest BCUT2D eigenvalue weighted by Gasteiger charge is 2.24. The van der Waals surface area contributed by atoms with Crippen LogP contribution in [0, 0.1) is 11.8 Å². The Morgan fingerprint density at radius 3 is 2.73 bits per heavy atom. The van der Waals surface area contributed by atoms with Crippen molar-refractivity contribution in [2.24, 2.45) is 17.6 Å². The number of carbonyl (C=O) groups excluding carboxylic acids is 2. The Morgan fingerprint density at radius 1 is 1.45 bits per heavy atom. The van der Waals surface area contributed by atoms with Gasteiger partial charge < -0.3 is 10.5 Å². The number of aldehydes is 1. The first-order valence-corrected chi connectivity index (χ1v) is 3.98. The van der Waals surface area contributed by atoms with Gasteiger partial charge in [-0.3, -0.25) is 4.79 Å². The first-order chi connectivity index (χ1) is 5.24. The third-order valence-corrected chi connectivity index (χ3v) is 2.31. The lowest BCUT2D eigenvalue weighted by molar-refractivity contribution is -0.123. The van der Waals surface area contributed by atoms with Gasteiger partial charge in [-0.25, -0.2) is 0 Å². The summed E-state index contributed by atoms with van der Waals surface area (Å²) in [6.45, 7) is 0. The van der Waals surface area contributed by atoms with Crippen molar-refractivity contribution in [2.45, 2.75) is 25.7 Å². The first kappa shape index (κ1) is 8.24. The zero-order valence-corrected chi connectivity index (χ0v) is 6.45. The van der Waals surface area contributed by atoms with Crippen molar-refractivity contribution >= 4 is 12.2 Å². The average molecular weight is 155 g/mol. The lowest BCUT2D eigenvalue weighted by Gasteiger charge is -2.22. The highest BCUT2D eigenvalue weighted by molar-refractivity contribution is 5.77. The number of hydrogen-bond donors (Lipinski definition) is 1. The summed E-state index contributed by atoms with van der Waals surface area (Å²) in [5.74, 6) is -0.239. The van der Waals surface area contributed by atoms with E-state index in [0.29, 0.717) is 6.42 Å². The molecule has 2 N–H and O–H groups in total. The van der Waals surface area contributed by atoms with E-state index in [2.05, 4.69) is 0 Å². The van der Waals surface area contributed by atoms with E-state index in [4.69, 9.17) is 5.73 Å². The standard InChI is InChI=1S/C8H13NO2/c9-8(11)7-3-1-2-6(4-7)5-10/h5-7H,1-4H2,(H2,9,11). The van der Waals surface area contributed by atoms with Crippen LogP contribution in [0.4, 0.5) is 0 Å². The molecule has 62 valence electrons. The summed E-state index contributed by atoms with van der Waals surface area (Å²) in [5.41, 5.74) is 5.13. The third-order valence-electron chi connectivity index (χ3n) is 2.31. The molecular formula is C8H13NO2. The van der Waals surface area contributed by atoms with Crippen molar-refractivity contribution in [1.29, 1.82) is 0 Å². The van der Waals surface area contributed by atoms with Crippen molar-refractivity contribution in [2.75, 3.05) is 0 Å². The zero-order chi connectivity index (χ0) is 8.27. The summed E-state index contributed by atoms with van der Waals surface area (Å²) in [5, 5.41) is 0. The molecule has 3 heteroatoms. The molecule has 0 aliphatic heterocycles. The first-order valence-electron chi connectivity index (χ1n) is 3.98. The fraction of sp³-hybridized carbons (Fsp3) is 0.750. The van der Waals surface area contributed by atoms with Gasteiger partial charge >= 0.3 is 0 Å². The summed E-state index contributed by atoms with van der Waals surface area (Å²) in [7, 11) is 0. The molecule has 0 bridgehead atoms. The maximum atomic E-state index is 10.7. The van der Waals surface area contributed by atoms with Gasteiger partial charge in [0.15, 0.2) is 0 Å². The van der Waals surface area contributed by atoms with Crippen LogP contribution >= 0.6 is 0 Å². The van der Waals surface area contributed by atoms with Gasteiger partial charge in [0.1, 0.15) is 6.29 Å². The number of carbonyl (C=O) groups is 2. The predicted octanol–water partition coefficient (Wildman–Crippen LogP) is 0.477. The molecule has 1 fully saturated rings. The minimum absolute atomic E-state index is 0.0565. The minimum Gasteiger partial charge on any atom is -0.369 e. The minimum atomic E-state index is -0.253. The molecule has 1 amide bonds. The Hall–Kier alpha value is -0.860. The summed E-state index contributed by atoms with van der Waals surface area (Å²) in [6, 6.07) is 0. The van der Waals surface area contributed by atoms with E-state index in [1.54, 1.807) is 0 Å². The highest BCUT2D eigenvalue weighted by atomic mass is 16.1. The van der Waals surface area contributed by atoms with Gasteiger partial charge in [-0.1, -0.05) is 6.42 Å². The van der Waals surface area contributed by atoms with Crippen LogP contribution in [0.25, 0.3) is 0 Å². The summed E-state index contributed by atoms with van der Waals surface area (Å²) in [6.07, 6.45) is 4.35. The Morgan fingerprint density at radius 2 is 2.18 bits per heavy atom. The lowest BCUT2D eigenvalue weighted by atomic mass is 9.82. The molecule has 0 aromatic heterocycles. The second-order valence-corrected chi connectivity index (χ2v) is 3.16. The van der Waals surface area contributed by atoms with E-state index in [1.165, 1.54) is 0 Å². The van der Waals surface area contributed by atoms with Crippen LogP contribution in [0.5, 0.6) is 0 Å². The number of amides is 1. The fourth-order valence-electron chi connectivity index (χ4n) is 1.61. The Labute approximate surface area is 66.0 Å². The molecule has 2 atom stereocenters. The van der Waals surface area contributed by atoms with Crippen molar-refractivity contribution in [3.63, 3.8) is 0 Å². The Kier molecular flexibility index (Phi) is 2.63. The van der Waals surface area contributed by atoms with Crippen LogP contribution in [0.1, 0.15) is 25.7 Å². The quantitative estimate of drug-likeness (QED) is 0.589. The molecule has 1 aliphatic rings. The van der Waals surface area contributed by atoms with Gasteiger partial charge in [-0.05, 0) is 19.3 Å². The maximum absolute atomic E-state index is 10.7. The van der Waals surface area contributed by atoms with Crippen LogP contribution in [0.15, 0.2) is 0 Å². The van der Waals surface area contributed by atoms with E-state index in [9.17, 15) is 9.59 Å². The molecule has 1 aliphatic carbocycles. The van der Waals surface area contributed by atoms with Gasteiger partial charge in [0, 0.05) is 11.8 Å². The van der Waals surface area contributed by atoms with E-state index in [-0.39, 0.29) is 17.7 Å². The van der Waals surface area contributed by atoms with Crippen LogP contribution in [-0.2, 0) is 9.59 Å². The van der Waals surface area contributed by atoms with Crippen LogP contribution in [0.3, 0.4) is 0 Å². The Balaban J connectivity index is 2.45. The normalized spacial score (nSPS) is 31.3. The second kappa shape index (κ2) is 3.51. The van der Waals surface area contributed by atoms with Gasteiger partial charge in [0.2, 0.25) is 5.91 Å². The number of nitrogens with two attached hydrogens (primary N) is 1. The molecule has 0 saturated heterocycles. The molecule has 0 radical (unpaired) electrons. The van der Waals surface area contributed by atoms with Crippen LogP contribution < -0.4 is 5.73 Å².